The van der Waals surface area contributed by atoms with E-state index in [2.05, 4.69) is 10.6 Å². The van der Waals surface area contributed by atoms with E-state index in [4.69, 9.17) is 16.2 Å². The van der Waals surface area contributed by atoms with Gasteiger partial charge in [0.15, 0.2) is 5.96 Å². The Kier molecular flexibility index (Phi) is 8.20. The largest absolute Gasteiger partial charge is 0.481 e. The Morgan fingerprint density at radius 1 is 1.17 bits per heavy atom. The molecule has 9 heteroatoms. The first-order chi connectivity index (χ1) is 13.8. The Labute approximate surface area is 169 Å². The number of nitrogens with zero attached hydrogens (tertiary/aromatic N) is 1. The third-order valence-corrected chi connectivity index (χ3v) is 4.60. The van der Waals surface area contributed by atoms with Gasteiger partial charge in [-0.3, -0.25) is 19.8 Å². The summed E-state index contributed by atoms with van der Waals surface area (Å²) in [5.74, 6) is -1.59. The topological polar surface area (TPSA) is 149 Å². The van der Waals surface area contributed by atoms with Crippen LogP contribution < -0.4 is 16.4 Å². The number of amides is 2. The average Bonchev–Trinajstić information content (AvgIpc) is 3.15. The molecule has 1 heterocycles. The Morgan fingerprint density at radius 3 is 2.48 bits per heavy atom. The summed E-state index contributed by atoms with van der Waals surface area (Å²) in [6.07, 6.45) is 2.44. The van der Waals surface area contributed by atoms with Gasteiger partial charge in [-0.05, 0) is 12.0 Å². The van der Waals surface area contributed by atoms with Crippen LogP contribution in [-0.2, 0) is 14.4 Å². The third-order valence-electron chi connectivity index (χ3n) is 4.60. The van der Waals surface area contributed by atoms with Gasteiger partial charge in [-0.25, -0.2) is 0 Å². The van der Waals surface area contributed by atoms with Crippen molar-refractivity contribution in [1.29, 1.82) is 5.41 Å². The summed E-state index contributed by atoms with van der Waals surface area (Å²) >= 11 is 0. The van der Waals surface area contributed by atoms with E-state index in [-0.39, 0.29) is 37.0 Å². The quantitative estimate of drug-likeness (QED) is 0.222. The molecule has 1 atom stereocenters. The van der Waals surface area contributed by atoms with Gasteiger partial charge in [0.2, 0.25) is 11.8 Å². The lowest BCUT2D eigenvalue weighted by Gasteiger charge is -2.17. The summed E-state index contributed by atoms with van der Waals surface area (Å²) in [7, 11) is 0. The highest BCUT2D eigenvalue weighted by molar-refractivity contribution is 5.84. The summed E-state index contributed by atoms with van der Waals surface area (Å²) in [4.78, 5) is 36.9. The predicted molar refractivity (Wildman–Crippen MR) is 108 cm³/mol. The number of carbonyl (C=O) groups is 3. The number of nitrogens with one attached hydrogen (secondary N) is 3. The molecule has 2 rings (SSSR count). The fourth-order valence-electron chi connectivity index (χ4n) is 3.03. The van der Waals surface area contributed by atoms with Gasteiger partial charge >= 0.3 is 5.97 Å². The second kappa shape index (κ2) is 10.8. The average molecular weight is 401 g/mol. The zero-order valence-corrected chi connectivity index (χ0v) is 16.2. The number of carboxylic acids is 1. The predicted octanol–water partition coefficient (Wildman–Crippen LogP) is 0.741. The van der Waals surface area contributed by atoms with Crippen molar-refractivity contribution in [3.05, 3.63) is 47.5 Å². The molecule has 1 aliphatic rings. The lowest BCUT2D eigenvalue weighted by atomic mass is 10.0. The molecule has 6 N–H and O–H groups in total. The summed E-state index contributed by atoms with van der Waals surface area (Å²) in [6, 6.07) is 8.24. The van der Waals surface area contributed by atoms with Gasteiger partial charge in [0.25, 0.3) is 0 Å². The minimum atomic E-state index is -1.01. The highest BCUT2D eigenvalue weighted by atomic mass is 16.4. The van der Waals surface area contributed by atoms with Gasteiger partial charge in [-0.1, -0.05) is 42.0 Å². The molecule has 0 radical (unpaired) electrons. The van der Waals surface area contributed by atoms with E-state index >= 15 is 0 Å². The molecule has 156 valence electrons. The second-order valence-corrected chi connectivity index (χ2v) is 6.86. The molecule has 1 aromatic carbocycles. The van der Waals surface area contributed by atoms with Crippen molar-refractivity contribution in [2.24, 2.45) is 5.73 Å². The van der Waals surface area contributed by atoms with Crippen molar-refractivity contribution in [2.45, 2.75) is 31.7 Å². The van der Waals surface area contributed by atoms with Crippen LogP contribution in [0.2, 0.25) is 0 Å². The van der Waals surface area contributed by atoms with Crippen molar-refractivity contribution >= 4 is 23.7 Å². The molecule has 1 unspecified atom stereocenters. The molecule has 29 heavy (non-hydrogen) atoms. The van der Waals surface area contributed by atoms with E-state index < -0.39 is 12.0 Å². The maximum Gasteiger partial charge on any atom is 0.305 e. The summed E-state index contributed by atoms with van der Waals surface area (Å²) in [6.45, 7) is 1.65. The lowest BCUT2D eigenvalue weighted by Crippen LogP contribution is -2.35. The van der Waals surface area contributed by atoms with Crippen LogP contribution in [0, 0.1) is 5.41 Å². The van der Waals surface area contributed by atoms with Crippen molar-refractivity contribution in [3.63, 3.8) is 0 Å². The number of carbonyl (C=O) groups excluding carboxylic acids is 2. The first-order valence-corrected chi connectivity index (χ1v) is 9.45. The SMILES string of the molecule is N=C(N)N1CC=C(CCNC(=O)CCC(=O)NC(CC(=O)O)c2ccccc2)C1. The molecule has 0 aliphatic carbocycles. The number of hydrogen-bond donors (Lipinski definition) is 5. The van der Waals surface area contributed by atoms with Crippen LogP contribution in [-0.4, -0.2) is 53.4 Å². The fourth-order valence-corrected chi connectivity index (χ4v) is 3.03. The van der Waals surface area contributed by atoms with E-state index in [9.17, 15) is 14.4 Å². The molecule has 1 aromatic rings. The van der Waals surface area contributed by atoms with E-state index in [1.807, 2.05) is 12.1 Å². The minimum absolute atomic E-state index is 0.0183. The monoisotopic (exact) mass is 401 g/mol. The highest BCUT2D eigenvalue weighted by Gasteiger charge is 2.19. The molecule has 1 aliphatic heterocycles. The molecule has 9 nitrogen and oxygen atoms in total. The third kappa shape index (κ3) is 7.65. The first kappa shape index (κ1) is 21.9. The van der Waals surface area contributed by atoms with E-state index in [0.29, 0.717) is 31.6 Å². The number of rotatable bonds is 10. The Bertz CT molecular complexity index is 778. The van der Waals surface area contributed by atoms with Crippen LogP contribution in [0.15, 0.2) is 42.0 Å². The van der Waals surface area contributed by atoms with E-state index in [1.165, 1.54) is 0 Å². The maximum absolute atomic E-state index is 12.2. The molecule has 0 fully saturated rings. The fraction of sp³-hybridized carbons (Fsp3) is 0.400. The number of hydrogen-bond acceptors (Lipinski definition) is 4. The number of benzene rings is 1. The molecular formula is C20H27N5O4. The van der Waals surface area contributed by atoms with E-state index in [0.717, 1.165) is 5.57 Å². The summed E-state index contributed by atoms with van der Waals surface area (Å²) in [5.41, 5.74) is 7.25. The summed E-state index contributed by atoms with van der Waals surface area (Å²) in [5, 5.41) is 21.9. The van der Waals surface area contributed by atoms with Crippen molar-refractivity contribution in [2.75, 3.05) is 19.6 Å². The van der Waals surface area contributed by atoms with Crippen LogP contribution in [0.5, 0.6) is 0 Å². The Morgan fingerprint density at radius 2 is 1.86 bits per heavy atom. The maximum atomic E-state index is 12.2. The molecule has 0 aromatic heterocycles. The van der Waals surface area contributed by atoms with Gasteiger partial charge < -0.3 is 26.4 Å². The Hall–Kier alpha value is -3.36. The standard InChI is InChI=1S/C20H27N5O4/c21-20(22)25-11-9-14(13-25)8-10-23-17(26)6-7-18(27)24-16(12-19(28)29)15-4-2-1-3-5-15/h1-5,9,16H,6-8,10-13H2,(H3,21,22)(H,23,26)(H,24,27)(H,28,29). The van der Waals surface area contributed by atoms with Gasteiger partial charge in [0.1, 0.15) is 0 Å². The van der Waals surface area contributed by atoms with Crippen molar-refractivity contribution in [1.82, 2.24) is 15.5 Å². The zero-order valence-electron chi connectivity index (χ0n) is 16.2. The first-order valence-electron chi connectivity index (χ1n) is 9.45. The van der Waals surface area contributed by atoms with Gasteiger partial charge in [0, 0.05) is 32.5 Å². The minimum Gasteiger partial charge on any atom is -0.481 e. The number of guanidine groups is 1. The number of aliphatic carboxylic acids is 1. The van der Waals surface area contributed by atoms with Crippen LogP contribution >= 0.6 is 0 Å². The molecule has 2 amide bonds. The molecular weight excluding hydrogens is 374 g/mol. The van der Waals surface area contributed by atoms with Gasteiger partial charge in [0.05, 0.1) is 12.5 Å². The molecule has 0 saturated heterocycles. The van der Waals surface area contributed by atoms with Crippen LogP contribution in [0.25, 0.3) is 0 Å². The van der Waals surface area contributed by atoms with E-state index in [1.54, 1.807) is 29.2 Å². The van der Waals surface area contributed by atoms with Gasteiger partial charge in [-0.15, -0.1) is 0 Å². The lowest BCUT2D eigenvalue weighted by molar-refractivity contribution is -0.138. The summed E-state index contributed by atoms with van der Waals surface area (Å²) < 4.78 is 0. The number of carboxylic acid groups (broad SMARTS) is 1. The van der Waals surface area contributed by atoms with Crippen LogP contribution in [0.3, 0.4) is 0 Å². The normalized spacial score (nSPS) is 14.1. The smallest absolute Gasteiger partial charge is 0.305 e. The highest BCUT2D eigenvalue weighted by Crippen LogP contribution is 2.17. The Balaban J connectivity index is 1.70. The van der Waals surface area contributed by atoms with Crippen molar-refractivity contribution in [3.8, 4) is 0 Å². The molecule has 0 saturated carbocycles. The number of nitrogens with two attached hydrogens (primary N) is 1. The van der Waals surface area contributed by atoms with Gasteiger partial charge in [-0.2, -0.15) is 0 Å². The zero-order chi connectivity index (χ0) is 21.2. The van der Waals surface area contributed by atoms with Crippen molar-refractivity contribution < 1.29 is 19.5 Å². The van der Waals surface area contributed by atoms with Crippen LogP contribution in [0.1, 0.15) is 37.3 Å². The van der Waals surface area contributed by atoms with Crippen LogP contribution in [0.4, 0.5) is 0 Å². The molecule has 0 spiro atoms. The second-order valence-electron chi connectivity index (χ2n) is 6.86. The molecule has 0 bridgehead atoms.